The molecule has 2 aromatic heterocycles. The van der Waals surface area contributed by atoms with Crippen molar-refractivity contribution in [1.82, 2.24) is 20.1 Å². The highest BCUT2D eigenvalue weighted by molar-refractivity contribution is 5.97. The molecule has 1 saturated heterocycles. The summed E-state index contributed by atoms with van der Waals surface area (Å²) in [5.74, 6) is 1.07. The highest BCUT2D eigenvalue weighted by Gasteiger charge is 2.24. The Balaban J connectivity index is 1.28. The van der Waals surface area contributed by atoms with Crippen LogP contribution in [0.25, 0.3) is 0 Å². The molecular formula is C20H27N7O2. The molecule has 0 radical (unpaired) electrons. The standard InChI is InChI=1S/C20H27N7O2/c1-15-13-19-26(9-2-10-27(19)24-15)20(29)6-5-18(28)23-17-4-3-16(14-22-17)25-11-7-21-8-12-25/h3-4,13-14,21H,2,5-12H2,1H3,(H,22,23,28). The minimum Gasteiger partial charge on any atom is -0.368 e. The number of piperazine rings is 1. The monoisotopic (exact) mass is 397 g/mol. The second-order valence-corrected chi connectivity index (χ2v) is 7.45. The lowest BCUT2D eigenvalue weighted by Crippen LogP contribution is -2.43. The number of amides is 2. The van der Waals surface area contributed by atoms with Gasteiger partial charge in [0.05, 0.1) is 17.6 Å². The fourth-order valence-corrected chi connectivity index (χ4v) is 3.79. The Morgan fingerprint density at radius 3 is 2.72 bits per heavy atom. The zero-order valence-electron chi connectivity index (χ0n) is 16.7. The molecule has 1 fully saturated rings. The Morgan fingerprint density at radius 2 is 1.97 bits per heavy atom. The van der Waals surface area contributed by atoms with Crippen molar-refractivity contribution in [2.45, 2.75) is 32.7 Å². The van der Waals surface area contributed by atoms with Gasteiger partial charge in [0.15, 0.2) is 0 Å². The van der Waals surface area contributed by atoms with Crippen LogP contribution in [0.4, 0.5) is 17.3 Å². The summed E-state index contributed by atoms with van der Waals surface area (Å²) in [6, 6.07) is 5.69. The van der Waals surface area contributed by atoms with Gasteiger partial charge in [-0.15, -0.1) is 0 Å². The number of rotatable bonds is 5. The molecule has 2 aliphatic heterocycles. The van der Waals surface area contributed by atoms with Crippen LogP contribution in [-0.4, -0.2) is 59.3 Å². The average Bonchev–Trinajstić information content (AvgIpc) is 3.13. The van der Waals surface area contributed by atoms with Crippen LogP contribution in [-0.2, 0) is 16.1 Å². The first-order chi connectivity index (χ1) is 14.1. The van der Waals surface area contributed by atoms with E-state index in [1.54, 1.807) is 11.1 Å². The van der Waals surface area contributed by atoms with E-state index < -0.39 is 0 Å². The molecule has 29 heavy (non-hydrogen) atoms. The molecule has 2 amide bonds. The molecule has 0 spiro atoms. The van der Waals surface area contributed by atoms with Crippen molar-refractivity contribution in [1.29, 1.82) is 0 Å². The summed E-state index contributed by atoms with van der Waals surface area (Å²) in [7, 11) is 0. The van der Waals surface area contributed by atoms with Crippen LogP contribution in [0.2, 0.25) is 0 Å². The van der Waals surface area contributed by atoms with Gasteiger partial charge in [0.2, 0.25) is 11.8 Å². The smallest absolute Gasteiger partial charge is 0.228 e. The summed E-state index contributed by atoms with van der Waals surface area (Å²) in [6.45, 7) is 7.23. The quantitative estimate of drug-likeness (QED) is 0.786. The van der Waals surface area contributed by atoms with E-state index in [1.165, 1.54) is 0 Å². The third kappa shape index (κ3) is 4.56. The van der Waals surface area contributed by atoms with Gasteiger partial charge in [0, 0.05) is 58.2 Å². The number of aromatic nitrogens is 3. The van der Waals surface area contributed by atoms with Crippen LogP contribution in [0, 0.1) is 6.92 Å². The van der Waals surface area contributed by atoms with Crippen molar-refractivity contribution >= 4 is 29.1 Å². The number of nitrogens with one attached hydrogen (secondary N) is 2. The first-order valence-corrected chi connectivity index (χ1v) is 10.2. The third-order valence-electron chi connectivity index (χ3n) is 5.27. The highest BCUT2D eigenvalue weighted by Crippen LogP contribution is 2.22. The second-order valence-electron chi connectivity index (χ2n) is 7.45. The van der Waals surface area contributed by atoms with E-state index in [2.05, 4.69) is 25.6 Å². The van der Waals surface area contributed by atoms with E-state index in [9.17, 15) is 9.59 Å². The van der Waals surface area contributed by atoms with Crippen molar-refractivity contribution < 1.29 is 9.59 Å². The molecule has 2 aliphatic rings. The fourth-order valence-electron chi connectivity index (χ4n) is 3.79. The van der Waals surface area contributed by atoms with Gasteiger partial charge in [-0.1, -0.05) is 0 Å². The Labute approximate surface area is 170 Å². The molecule has 9 nitrogen and oxygen atoms in total. The van der Waals surface area contributed by atoms with Crippen LogP contribution in [0.15, 0.2) is 24.4 Å². The molecular weight excluding hydrogens is 370 g/mol. The summed E-state index contributed by atoms with van der Waals surface area (Å²) in [6.07, 6.45) is 2.94. The predicted molar refractivity (Wildman–Crippen MR) is 111 cm³/mol. The minimum atomic E-state index is -0.206. The van der Waals surface area contributed by atoms with Crippen LogP contribution < -0.4 is 20.4 Å². The number of hydrogen-bond acceptors (Lipinski definition) is 6. The van der Waals surface area contributed by atoms with Crippen LogP contribution in [0.1, 0.15) is 25.0 Å². The number of pyridine rings is 1. The van der Waals surface area contributed by atoms with Crippen molar-refractivity contribution in [2.24, 2.45) is 0 Å². The number of fused-ring (bicyclic) bond motifs is 1. The van der Waals surface area contributed by atoms with Crippen molar-refractivity contribution in [3.05, 3.63) is 30.1 Å². The molecule has 0 atom stereocenters. The van der Waals surface area contributed by atoms with Crippen molar-refractivity contribution in [3.63, 3.8) is 0 Å². The third-order valence-corrected chi connectivity index (χ3v) is 5.27. The van der Waals surface area contributed by atoms with Gasteiger partial charge in [0.1, 0.15) is 11.6 Å². The number of anilines is 3. The molecule has 4 heterocycles. The number of carbonyl (C=O) groups is 2. The summed E-state index contributed by atoms with van der Waals surface area (Å²) >= 11 is 0. The van der Waals surface area contributed by atoms with E-state index >= 15 is 0 Å². The predicted octanol–water partition coefficient (Wildman–Crippen LogP) is 1.15. The first kappa shape index (κ1) is 19.4. The summed E-state index contributed by atoms with van der Waals surface area (Å²) in [5.41, 5.74) is 1.95. The molecule has 9 heteroatoms. The van der Waals surface area contributed by atoms with Crippen molar-refractivity contribution in [3.8, 4) is 0 Å². The Bertz CT molecular complexity index is 871. The SMILES string of the molecule is Cc1cc2n(n1)CCCN2C(=O)CCC(=O)Nc1ccc(N2CCNCC2)cn1. The molecule has 2 aromatic rings. The zero-order chi connectivity index (χ0) is 20.2. The lowest BCUT2D eigenvalue weighted by Gasteiger charge is -2.29. The van der Waals surface area contributed by atoms with Gasteiger partial charge in [-0.2, -0.15) is 5.10 Å². The zero-order valence-corrected chi connectivity index (χ0v) is 16.7. The summed E-state index contributed by atoms with van der Waals surface area (Å²) in [4.78, 5) is 33.2. The fraction of sp³-hybridized carbons (Fsp3) is 0.500. The average molecular weight is 397 g/mol. The van der Waals surface area contributed by atoms with E-state index in [1.807, 2.05) is 29.8 Å². The maximum absolute atomic E-state index is 12.6. The van der Waals surface area contributed by atoms with E-state index in [4.69, 9.17) is 0 Å². The lowest BCUT2D eigenvalue weighted by molar-refractivity contribution is -0.122. The Kier molecular flexibility index (Phi) is 5.75. The molecule has 0 aliphatic carbocycles. The first-order valence-electron chi connectivity index (χ1n) is 10.2. The molecule has 0 bridgehead atoms. The van der Waals surface area contributed by atoms with Crippen LogP contribution in [0.5, 0.6) is 0 Å². The lowest BCUT2D eigenvalue weighted by atomic mass is 10.2. The number of hydrogen-bond donors (Lipinski definition) is 2. The normalized spacial score (nSPS) is 16.4. The van der Waals surface area contributed by atoms with Gasteiger partial charge in [-0.25, -0.2) is 9.67 Å². The van der Waals surface area contributed by atoms with E-state index in [0.29, 0.717) is 12.4 Å². The van der Waals surface area contributed by atoms with E-state index in [0.717, 1.165) is 56.3 Å². The van der Waals surface area contributed by atoms with Crippen molar-refractivity contribution in [2.75, 3.05) is 47.8 Å². The summed E-state index contributed by atoms with van der Waals surface area (Å²) < 4.78 is 1.86. The minimum absolute atomic E-state index is 0.0528. The molecule has 0 aromatic carbocycles. The molecule has 154 valence electrons. The van der Waals surface area contributed by atoms with Gasteiger partial charge in [0.25, 0.3) is 0 Å². The molecule has 0 unspecified atom stereocenters. The topological polar surface area (TPSA) is 95.4 Å². The Morgan fingerprint density at radius 1 is 1.14 bits per heavy atom. The molecule has 4 rings (SSSR count). The molecule has 2 N–H and O–H groups in total. The maximum atomic E-state index is 12.6. The molecule has 0 saturated carbocycles. The Hall–Kier alpha value is -2.94. The maximum Gasteiger partial charge on any atom is 0.228 e. The number of aryl methyl sites for hydroxylation is 2. The largest absolute Gasteiger partial charge is 0.368 e. The second kappa shape index (κ2) is 8.60. The number of carbonyl (C=O) groups excluding carboxylic acids is 2. The van der Waals surface area contributed by atoms with Gasteiger partial charge < -0.3 is 15.5 Å². The van der Waals surface area contributed by atoms with Crippen LogP contribution >= 0.6 is 0 Å². The van der Waals surface area contributed by atoms with Gasteiger partial charge >= 0.3 is 0 Å². The van der Waals surface area contributed by atoms with Gasteiger partial charge in [-0.05, 0) is 25.5 Å². The highest BCUT2D eigenvalue weighted by atomic mass is 16.2. The van der Waals surface area contributed by atoms with E-state index in [-0.39, 0.29) is 24.7 Å². The van der Waals surface area contributed by atoms with Crippen LogP contribution in [0.3, 0.4) is 0 Å². The van der Waals surface area contributed by atoms with Gasteiger partial charge in [-0.3, -0.25) is 14.5 Å². The number of nitrogens with zero attached hydrogens (tertiary/aromatic N) is 5. The summed E-state index contributed by atoms with van der Waals surface area (Å²) in [5, 5.41) is 10.5.